The van der Waals surface area contributed by atoms with Crippen molar-refractivity contribution in [2.75, 3.05) is 13.2 Å². The first-order valence-electron chi connectivity index (χ1n) is 14.2. The number of hydrogen-bond acceptors (Lipinski definition) is 8. The lowest BCUT2D eigenvalue weighted by Crippen LogP contribution is -2.37. The number of nitrogens with one attached hydrogen (secondary N) is 1. The van der Waals surface area contributed by atoms with Gasteiger partial charge in [0, 0.05) is 25.9 Å². The zero-order valence-corrected chi connectivity index (χ0v) is 25.2. The third kappa shape index (κ3) is 8.74. The molecule has 0 saturated carbocycles. The smallest absolute Gasteiger partial charge is 0.414 e. The number of aryl methyl sites for hydroxylation is 1. The summed E-state index contributed by atoms with van der Waals surface area (Å²) in [6, 6.07) is 15.2. The van der Waals surface area contributed by atoms with E-state index in [1.165, 1.54) is 0 Å². The Labute approximate surface area is 250 Å². The lowest BCUT2D eigenvalue weighted by molar-refractivity contribution is -0.159. The van der Waals surface area contributed by atoms with E-state index >= 15 is 0 Å². The number of hydrogen-bond donors (Lipinski definition) is 3. The van der Waals surface area contributed by atoms with Crippen LogP contribution in [0.4, 0.5) is 0 Å². The fraction of sp³-hybridized carbons (Fsp3) is 0.406. The van der Waals surface area contributed by atoms with E-state index in [-0.39, 0.29) is 11.9 Å². The molecular weight excluding hydrogens is 554 g/mol. The summed E-state index contributed by atoms with van der Waals surface area (Å²) in [7, 11) is 0. The molecule has 2 aromatic carbocycles. The van der Waals surface area contributed by atoms with E-state index < -0.39 is 23.6 Å². The second kappa shape index (κ2) is 14.6. The van der Waals surface area contributed by atoms with Crippen LogP contribution in [0.2, 0.25) is 0 Å². The molecule has 2 heterocycles. The number of benzene rings is 2. The Hall–Kier alpha value is -4.51. The summed E-state index contributed by atoms with van der Waals surface area (Å²) in [5.74, 6) is -3.36. The van der Waals surface area contributed by atoms with Crippen molar-refractivity contribution in [1.29, 1.82) is 0 Å². The Morgan fingerprint density at radius 2 is 1.70 bits per heavy atom. The van der Waals surface area contributed by atoms with Gasteiger partial charge in [0.15, 0.2) is 0 Å². The average Bonchev–Trinajstić information content (AvgIpc) is 3.30. The summed E-state index contributed by atoms with van der Waals surface area (Å²) in [5, 5.41) is 18.1. The van der Waals surface area contributed by atoms with Gasteiger partial charge in [0.05, 0.1) is 23.6 Å². The summed E-state index contributed by atoms with van der Waals surface area (Å²) >= 11 is 0. The molecule has 0 aliphatic carbocycles. The van der Waals surface area contributed by atoms with Gasteiger partial charge >= 0.3 is 23.9 Å². The number of ether oxygens (including phenoxy) is 2. The number of aromatic nitrogens is 2. The lowest BCUT2D eigenvalue weighted by atomic mass is 9.97. The van der Waals surface area contributed by atoms with Gasteiger partial charge in [0.25, 0.3) is 0 Å². The molecule has 1 aliphatic rings. The number of carboxylic acid groups (broad SMARTS) is 2. The molecule has 11 nitrogen and oxygen atoms in total. The molecule has 3 N–H and O–H groups in total. The zero-order valence-electron chi connectivity index (χ0n) is 25.2. The second-order valence-corrected chi connectivity index (χ2v) is 10.9. The number of carboxylic acids is 2. The average molecular weight is 594 g/mol. The van der Waals surface area contributed by atoms with Gasteiger partial charge in [-0.2, -0.15) is 0 Å². The summed E-state index contributed by atoms with van der Waals surface area (Å²) in [6.45, 7) is 11.0. The minimum absolute atomic E-state index is 0.290. The van der Waals surface area contributed by atoms with E-state index in [1.807, 2.05) is 76.2 Å². The number of rotatable bonds is 8. The van der Waals surface area contributed by atoms with Crippen molar-refractivity contribution in [3.8, 4) is 11.1 Å². The SMILES string of the molecule is CCCc1nc2c(n1Cc1ccc(-c3ccccc3)c(C(=O)OC(C)(C)C)c1)C(C(=O)OCC)NCC2.O=C(O)C(=O)O. The third-order valence-electron chi connectivity index (χ3n) is 6.45. The van der Waals surface area contributed by atoms with Crippen molar-refractivity contribution < 1.29 is 38.9 Å². The maximum atomic E-state index is 13.3. The Kier molecular flexibility index (Phi) is 11.2. The minimum atomic E-state index is -1.82. The zero-order chi connectivity index (χ0) is 31.7. The second-order valence-electron chi connectivity index (χ2n) is 10.9. The van der Waals surface area contributed by atoms with E-state index in [1.54, 1.807) is 0 Å². The molecular formula is C32H39N3O8. The summed E-state index contributed by atoms with van der Waals surface area (Å²) in [6.07, 6.45) is 2.48. The molecule has 1 aromatic heterocycles. The number of imidazole rings is 1. The van der Waals surface area contributed by atoms with Gasteiger partial charge in [-0.3, -0.25) is 5.32 Å². The number of fused-ring (bicyclic) bond motifs is 1. The van der Waals surface area contributed by atoms with E-state index in [2.05, 4.69) is 16.8 Å². The van der Waals surface area contributed by atoms with Gasteiger partial charge in [-0.15, -0.1) is 0 Å². The van der Waals surface area contributed by atoms with Crippen LogP contribution in [0, 0.1) is 0 Å². The molecule has 0 spiro atoms. The Bertz CT molecular complexity index is 1450. The van der Waals surface area contributed by atoms with Crippen LogP contribution >= 0.6 is 0 Å². The lowest BCUT2D eigenvalue weighted by Gasteiger charge is -2.25. The molecule has 0 bridgehead atoms. The van der Waals surface area contributed by atoms with Gasteiger partial charge < -0.3 is 24.3 Å². The number of nitrogens with zero attached hydrogens (tertiary/aromatic N) is 2. The Morgan fingerprint density at radius 3 is 2.28 bits per heavy atom. The molecule has 0 fully saturated rings. The fourth-order valence-corrected chi connectivity index (χ4v) is 4.76. The molecule has 230 valence electrons. The highest BCUT2D eigenvalue weighted by atomic mass is 16.6. The maximum Gasteiger partial charge on any atom is 0.414 e. The number of carbonyl (C=O) groups is 4. The molecule has 1 aliphatic heterocycles. The van der Waals surface area contributed by atoms with Gasteiger partial charge in [-0.05, 0) is 56.9 Å². The topological polar surface area (TPSA) is 157 Å². The standard InChI is InChI=1S/C30H37N3O4.C2H2O4/c1-6-11-25-32-24-16-17-31-26(29(35)36-7-2)27(24)33(25)19-20-14-15-22(21-12-9-8-10-13-21)23(18-20)28(34)37-30(3,4)5;3-1(4)2(5)6/h8-10,12-15,18,26,31H,6-7,11,16-17,19H2,1-5H3;(H,3,4)(H,5,6). The highest BCUT2D eigenvalue weighted by Crippen LogP contribution is 2.30. The molecule has 0 amide bonds. The molecule has 1 atom stereocenters. The minimum Gasteiger partial charge on any atom is -0.473 e. The van der Waals surface area contributed by atoms with Crippen molar-refractivity contribution in [1.82, 2.24) is 14.9 Å². The molecule has 0 saturated heterocycles. The van der Waals surface area contributed by atoms with E-state index in [9.17, 15) is 9.59 Å². The van der Waals surface area contributed by atoms with Crippen molar-refractivity contribution in [3.63, 3.8) is 0 Å². The van der Waals surface area contributed by atoms with Crippen LogP contribution in [-0.2, 0) is 43.2 Å². The van der Waals surface area contributed by atoms with Crippen LogP contribution in [0.5, 0.6) is 0 Å². The molecule has 1 unspecified atom stereocenters. The maximum absolute atomic E-state index is 13.3. The van der Waals surface area contributed by atoms with E-state index in [0.717, 1.165) is 53.2 Å². The largest absolute Gasteiger partial charge is 0.473 e. The number of carbonyl (C=O) groups excluding carboxylic acids is 2. The Balaban J connectivity index is 0.000000765. The van der Waals surface area contributed by atoms with Gasteiger partial charge in [0.2, 0.25) is 0 Å². The van der Waals surface area contributed by atoms with Gasteiger partial charge in [-0.25, -0.2) is 24.2 Å². The predicted octanol–water partition coefficient (Wildman–Crippen LogP) is 4.41. The van der Waals surface area contributed by atoms with E-state index in [4.69, 9.17) is 34.3 Å². The van der Waals surface area contributed by atoms with Crippen LogP contribution < -0.4 is 5.32 Å². The first kappa shape index (κ1) is 33.0. The first-order chi connectivity index (χ1) is 20.4. The molecule has 3 aromatic rings. The molecule has 11 heteroatoms. The monoisotopic (exact) mass is 593 g/mol. The third-order valence-corrected chi connectivity index (χ3v) is 6.45. The molecule has 43 heavy (non-hydrogen) atoms. The van der Waals surface area contributed by atoms with Crippen molar-refractivity contribution in [2.24, 2.45) is 0 Å². The number of aliphatic carboxylic acids is 2. The van der Waals surface area contributed by atoms with Crippen LogP contribution in [0.15, 0.2) is 48.5 Å². The van der Waals surface area contributed by atoms with E-state index in [0.29, 0.717) is 25.3 Å². The Morgan fingerprint density at radius 1 is 1.02 bits per heavy atom. The van der Waals surface area contributed by atoms with Crippen LogP contribution in [0.3, 0.4) is 0 Å². The fourth-order valence-electron chi connectivity index (χ4n) is 4.76. The highest BCUT2D eigenvalue weighted by molar-refractivity contribution is 6.27. The normalized spacial score (nSPS) is 14.1. The van der Waals surface area contributed by atoms with Crippen molar-refractivity contribution >= 4 is 23.9 Å². The van der Waals surface area contributed by atoms with Crippen molar-refractivity contribution in [3.05, 3.63) is 76.9 Å². The van der Waals surface area contributed by atoms with Gasteiger partial charge in [-0.1, -0.05) is 49.4 Å². The molecule has 4 rings (SSSR count). The summed E-state index contributed by atoms with van der Waals surface area (Å²) in [4.78, 5) is 49.3. The quantitative estimate of drug-likeness (QED) is 0.252. The van der Waals surface area contributed by atoms with Crippen LogP contribution in [0.25, 0.3) is 11.1 Å². The highest BCUT2D eigenvalue weighted by Gasteiger charge is 2.33. The number of esters is 2. The van der Waals surface area contributed by atoms with Gasteiger partial charge in [0.1, 0.15) is 17.5 Å². The molecule has 0 radical (unpaired) electrons. The van der Waals surface area contributed by atoms with Crippen LogP contribution in [-0.4, -0.2) is 62.4 Å². The van der Waals surface area contributed by atoms with Crippen LogP contribution in [0.1, 0.15) is 80.2 Å². The first-order valence-corrected chi connectivity index (χ1v) is 14.2. The van der Waals surface area contributed by atoms with Crippen molar-refractivity contribution in [2.45, 2.75) is 72.1 Å². The summed E-state index contributed by atoms with van der Waals surface area (Å²) in [5.41, 5.74) is 4.42. The predicted molar refractivity (Wildman–Crippen MR) is 159 cm³/mol. The summed E-state index contributed by atoms with van der Waals surface area (Å²) < 4.78 is 13.3.